The van der Waals surface area contributed by atoms with Crippen molar-refractivity contribution in [2.45, 2.75) is 38.1 Å². The van der Waals surface area contributed by atoms with E-state index in [1.807, 2.05) is 31.2 Å². The average Bonchev–Trinajstić information content (AvgIpc) is 2.99. The van der Waals surface area contributed by atoms with Gasteiger partial charge in [-0.3, -0.25) is 0 Å². The number of hydrogen-bond donors (Lipinski definition) is 2. The van der Waals surface area contributed by atoms with Crippen molar-refractivity contribution < 1.29 is 14.6 Å². The summed E-state index contributed by atoms with van der Waals surface area (Å²) in [5.41, 5.74) is 1.05. The van der Waals surface area contributed by atoms with Crippen LogP contribution in [0.15, 0.2) is 24.3 Å². The van der Waals surface area contributed by atoms with Gasteiger partial charge in [0.25, 0.3) is 0 Å². The molecule has 5 heteroatoms. The van der Waals surface area contributed by atoms with E-state index in [0.29, 0.717) is 24.3 Å². The summed E-state index contributed by atoms with van der Waals surface area (Å²) < 4.78 is 11.2. The zero-order valence-corrected chi connectivity index (χ0v) is 13.2. The molecule has 0 radical (unpaired) electrons. The fourth-order valence-corrected chi connectivity index (χ4v) is 2.49. The molecule has 0 spiro atoms. The van der Waals surface area contributed by atoms with Gasteiger partial charge in [-0.05, 0) is 37.5 Å². The first kappa shape index (κ1) is 16.7. The van der Waals surface area contributed by atoms with E-state index < -0.39 is 6.10 Å². The third-order valence-corrected chi connectivity index (χ3v) is 3.91. The topological polar surface area (TPSA) is 50.7 Å². The maximum absolute atomic E-state index is 9.91. The number of benzene rings is 1. The van der Waals surface area contributed by atoms with Crippen LogP contribution in [0.2, 0.25) is 5.02 Å². The van der Waals surface area contributed by atoms with Crippen molar-refractivity contribution in [2.75, 3.05) is 26.3 Å². The van der Waals surface area contributed by atoms with E-state index in [-0.39, 0.29) is 6.10 Å². The molecule has 3 atom stereocenters. The lowest BCUT2D eigenvalue weighted by Crippen LogP contribution is -2.35. The zero-order valence-electron chi connectivity index (χ0n) is 12.4. The van der Waals surface area contributed by atoms with Crippen LogP contribution in [0.25, 0.3) is 0 Å². The molecular weight excluding hydrogens is 290 g/mol. The van der Waals surface area contributed by atoms with E-state index in [9.17, 15) is 5.11 Å². The minimum absolute atomic E-state index is 0.0601. The van der Waals surface area contributed by atoms with Crippen molar-refractivity contribution in [2.24, 2.45) is 0 Å². The summed E-state index contributed by atoms with van der Waals surface area (Å²) in [5.74, 6) is 0. The van der Waals surface area contributed by atoms with Crippen LogP contribution in [0.5, 0.6) is 0 Å². The Morgan fingerprint density at radius 2 is 2.19 bits per heavy atom. The highest BCUT2D eigenvalue weighted by Gasteiger charge is 2.15. The Morgan fingerprint density at radius 3 is 2.86 bits per heavy atom. The molecule has 0 aliphatic carbocycles. The largest absolute Gasteiger partial charge is 0.389 e. The highest BCUT2D eigenvalue weighted by atomic mass is 35.5. The molecule has 0 saturated carbocycles. The Balaban J connectivity index is 1.61. The van der Waals surface area contributed by atoms with Crippen LogP contribution in [0.3, 0.4) is 0 Å². The summed E-state index contributed by atoms with van der Waals surface area (Å²) in [5, 5.41) is 13.9. The third-order valence-electron chi connectivity index (χ3n) is 3.65. The van der Waals surface area contributed by atoms with Gasteiger partial charge in [-0.25, -0.2) is 0 Å². The molecule has 1 aliphatic heterocycles. The van der Waals surface area contributed by atoms with Crippen molar-refractivity contribution in [3.63, 3.8) is 0 Å². The van der Waals surface area contributed by atoms with Gasteiger partial charge in [-0.1, -0.05) is 23.7 Å². The summed E-state index contributed by atoms with van der Waals surface area (Å²) in [6, 6.07) is 7.57. The fraction of sp³-hybridized carbons (Fsp3) is 0.625. The predicted octanol–water partition coefficient (Wildman–Crippen LogP) is 2.55. The van der Waals surface area contributed by atoms with E-state index in [4.69, 9.17) is 21.1 Å². The first-order valence-corrected chi connectivity index (χ1v) is 7.90. The second-order valence-electron chi connectivity index (χ2n) is 5.47. The molecule has 118 valence electrons. The minimum atomic E-state index is -0.513. The summed E-state index contributed by atoms with van der Waals surface area (Å²) >= 11 is 5.86. The van der Waals surface area contributed by atoms with E-state index in [1.165, 1.54) is 0 Å². The maximum atomic E-state index is 9.91. The lowest BCUT2D eigenvalue weighted by atomic mass is 10.1. The lowest BCUT2D eigenvalue weighted by Gasteiger charge is -2.18. The molecule has 1 aromatic carbocycles. The smallest absolute Gasteiger partial charge is 0.0897 e. The van der Waals surface area contributed by atoms with Gasteiger partial charge in [-0.15, -0.1) is 0 Å². The van der Waals surface area contributed by atoms with E-state index >= 15 is 0 Å². The molecule has 1 fully saturated rings. The molecule has 0 aromatic heterocycles. The second kappa shape index (κ2) is 8.71. The van der Waals surface area contributed by atoms with E-state index in [2.05, 4.69) is 5.32 Å². The molecule has 1 aliphatic rings. The van der Waals surface area contributed by atoms with Crippen molar-refractivity contribution in [3.05, 3.63) is 34.9 Å². The molecule has 1 heterocycles. The standard InChI is InChI=1S/C16H24ClNO3/c1-12(13-4-6-14(17)7-5-13)21-11-15(19)9-18-10-16-3-2-8-20-16/h4-7,12,15-16,18-19H,2-3,8-11H2,1H3/t12-,15+,16+/m1/s1. The second-order valence-corrected chi connectivity index (χ2v) is 5.91. The molecule has 0 bridgehead atoms. The number of hydrogen-bond acceptors (Lipinski definition) is 4. The lowest BCUT2D eigenvalue weighted by molar-refractivity contribution is -0.00321. The minimum Gasteiger partial charge on any atom is -0.389 e. The molecule has 2 rings (SSSR count). The van der Waals surface area contributed by atoms with Crippen molar-refractivity contribution >= 4 is 11.6 Å². The SMILES string of the molecule is C[C@@H](OC[C@@H](O)CNC[C@@H]1CCCO1)c1ccc(Cl)cc1. The number of aliphatic hydroxyl groups excluding tert-OH is 1. The first-order valence-electron chi connectivity index (χ1n) is 7.52. The molecule has 0 unspecified atom stereocenters. The Bertz CT molecular complexity index is 406. The van der Waals surface area contributed by atoms with Gasteiger partial charge in [-0.2, -0.15) is 0 Å². The van der Waals surface area contributed by atoms with E-state index in [0.717, 1.165) is 31.6 Å². The average molecular weight is 314 g/mol. The predicted molar refractivity (Wildman–Crippen MR) is 83.7 cm³/mol. The summed E-state index contributed by atoms with van der Waals surface area (Å²) in [7, 11) is 0. The van der Waals surface area contributed by atoms with Crippen LogP contribution < -0.4 is 5.32 Å². The highest BCUT2D eigenvalue weighted by molar-refractivity contribution is 6.30. The van der Waals surface area contributed by atoms with Crippen LogP contribution in [-0.4, -0.2) is 43.6 Å². The van der Waals surface area contributed by atoms with Gasteiger partial charge >= 0.3 is 0 Å². The Labute approximate surface area is 131 Å². The molecular formula is C16H24ClNO3. The summed E-state index contributed by atoms with van der Waals surface area (Å²) in [6.07, 6.45) is 1.96. The normalized spacial score (nSPS) is 21.4. The third kappa shape index (κ3) is 5.93. The number of ether oxygens (including phenoxy) is 2. The quantitative estimate of drug-likeness (QED) is 0.774. The van der Waals surface area contributed by atoms with Gasteiger partial charge in [0.05, 0.1) is 24.9 Å². The van der Waals surface area contributed by atoms with Gasteiger partial charge in [0, 0.05) is 24.7 Å². The van der Waals surface area contributed by atoms with Crippen molar-refractivity contribution in [3.8, 4) is 0 Å². The number of halogens is 1. The molecule has 21 heavy (non-hydrogen) atoms. The van der Waals surface area contributed by atoms with Gasteiger partial charge in [0.1, 0.15) is 0 Å². The van der Waals surface area contributed by atoms with Crippen molar-refractivity contribution in [1.82, 2.24) is 5.32 Å². The van der Waals surface area contributed by atoms with Crippen molar-refractivity contribution in [1.29, 1.82) is 0 Å². The van der Waals surface area contributed by atoms with Gasteiger partial charge < -0.3 is 19.9 Å². The summed E-state index contributed by atoms with van der Waals surface area (Å²) in [4.78, 5) is 0. The van der Waals surface area contributed by atoms with Crippen LogP contribution in [0.1, 0.15) is 31.4 Å². The first-order chi connectivity index (χ1) is 10.1. The Kier molecular flexibility index (Phi) is 6.93. The van der Waals surface area contributed by atoms with E-state index in [1.54, 1.807) is 0 Å². The van der Waals surface area contributed by atoms with Crippen LogP contribution >= 0.6 is 11.6 Å². The summed E-state index contributed by atoms with van der Waals surface area (Å²) in [6.45, 7) is 4.45. The van der Waals surface area contributed by atoms with Crippen LogP contribution in [0.4, 0.5) is 0 Å². The fourth-order valence-electron chi connectivity index (χ4n) is 2.36. The van der Waals surface area contributed by atoms with Gasteiger partial charge in [0.15, 0.2) is 0 Å². The molecule has 1 saturated heterocycles. The zero-order chi connectivity index (χ0) is 15.1. The maximum Gasteiger partial charge on any atom is 0.0897 e. The van der Waals surface area contributed by atoms with Gasteiger partial charge in [0.2, 0.25) is 0 Å². The molecule has 1 aromatic rings. The number of nitrogens with one attached hydrogen (secondary N) is 1. The number of aliphatic hydroxyl groups is 1. The molecule has 2 N–H and O–H groups in total. The molecule has 0 amide bonds. The van der Waals surface area contributed by atoms with Crippen LogP contribution in [0, 0.1) is 0 Å². The monoisotopic (exact) mass is 313 g/mol. The number of rotatable bonds is 8. The molecule has 4 nitrogen and oxygen atoms in total. The highest BCUT2D eigenvalue weighted by Crippen LogP contribution is 2.19. The Morgan fingerprint density at radius 1 is 1.43 bits per heavy atom. The Hall–Kier alpha value is -0.650. The van der Waals surface area contributed by atoms with Crippen LogP contribution in [-0.2, 0) is 9.47 Å².